The number of fused-ring (bicyclic) bond motifs is 5. The Morgan fingerprint density at radius 2 is 1.01 bits per heavy atom. The fourth-order valence-electron chi connectivity index (χ4n) is 10.4. The second-order valence-corrected chi connectivity index (χ2v) is 27.9. The molecule has 4 heterocycles. The van der Waals surface area contributed by atoms with Gasteiger partial charge in [0.1, 0.15) is 71.6 Å². The Kier molecular flexibility index (Phi) is 20.1. The Bertz CT molecular complexity index is 4860. The second kappa shape index (κ2) is 27.4. The maximum absolute atomic E-state index is 14.1. The zero-order valence-electron chi connectivity index (χ0n) is 51.8. The number of carbonyl (C=O) groups excluding carboxylic acids is 2. The highest BCUT2D eigenvalue weighted by Crippen LogP contribution is 2.45. The van der Waals surface area contributed by atoms with Gasteiger partial charge in [-0.05, 0) is 72.8 Å². The van der Waals surface area contributed by atoms with Gasteiger partial charge in [-0.2, -0.15) is 12.7 Å². The second-order valence-electron chi connectivity index (χ2n) is 22.4. The number of benzene rings is 8. The van der Waals surface area contributed by atoms with E-state index in [0.29, 0.717) is 62.6 Å². The van der Waals surface area contributed by atoms with Crippen molar-refractivity contribution >= 4 is 104 Å². The van der Waals surface area contributed by atoms with Crippen LogP contribution in [0.4, 0.5) is 17.1 Å². The summed E-state index contributed by atoms with van der Waals surface area (Å²) in [4.78, 5) is 30.6. The molecule has 24 heteroatoms. The first-order chi connectivity index (χ1) is 43.1. The number of anilines is 3. The molecule has 0 atom stereocenters. The van der Waals surface area contributed by atoms with E-state index in [1.165, 1.54) is 22.5 Å². The van der Waals surface area contributed by atoms with E-state index in [1.54, 1.807) is 59.5 Å². The number of nitrogens with zero attached hydrogens (tertiary/aromatic N) is 7. The Morgan fingerprint density at radius 3 is 1.45 bits per heavy atom. The van der Waals surface area contributed by atoms with E-state index in [4.69, 9.17) is 13.9 Å². The number of piperazine rings is 1. The SMILES string of the molecule is CN(C)c1ccc2c(-c3ccccc3S(=O)(=O)N3CCN(C(=O)CI)CC3)c3ccc(=[N+](C)C)cc-3oc2c1.CN(C)c1ccc2c(-c3ccccc3S(=O)(=O)[O-])c3ccc(=[N+](C)C)cc-3oc2c1.CN(C)c1cccc(O)c1.O=C1OS(=O)(=O)c2ccccc21. The first-order valence-corrected chi connectivity index (χ1v) is 34.3. The molecule has 91 heavy (non-hydrogen) atoms. The maximum Gasteiger partial charge on any atom is 0.355 e. The normalized spacial score (nSPS) is 13.6. The smallest absolute Gasteiger partial charge is 0.355 e. The van der Waals surface area contributed by atoms with Gasteiger partial charge < -0.3 is 42.3 Å². The van der Waals surface area contributed by atoms with E-state index < -0.39 is 36.2 Å². The van der Waals surface area contributed by atoms with Gasteiger partial charge >= 0.3 is 16.1 Å². The number of aromatic hydroxyl groups is 1. The molecule has 6 aromatic rings. The van der Waals surface area contributed by atoms with Crippen molar-refractivity contribution in [2.45, 2.75) is 14.7 Å². The average Bonchev–Trinajstić information content (AvgIpc) is 1.43. The number of hydrogen-bond acceptors (Lipinski definition) is 16. The molecule has 2 aliphatic carbocycles. The van der Waals surface area contributed by atoms with Crippen LogP contribution in [-0.4, -0.2) is 157 Å². The van der Waals surface area contributed by atoms with Crippen molar-refractivity contribution in [1.29, 1.82) is 0 Å². The Hall–Kier alpha value is -8.66. The van der Waals surface area contributed by atoms with E-state index in [9.17, 15) is 39.4 Å². The summed E-state index contributed by atoms with van der Waals surface area (Å²) in [6.45, 7) is 1.31. The van der Waals surface area contributed by atoms with Crippen LogP contribution >= 0.6 is 22.6 Å². The van der Waals surface area contributed by atoms with Gasteiger partial charge in [0, 0.05) is 160 Å². The molecule has 0 unspecified atom stereocenters. The summed E-state index contributed by atoms with van der Waals surface area (Å²) in [5.41, 5.74) is 8.40. The Labute approximate surface area is 543 Å². The summed E-state index contributed by atoms with van der Waals surface area (Å²) in [5.74, 6) is 0.834. The third-order valence-corrected chi connectivity index (χ3v) is 20.0. The highest BCUT2D eigenvalue weighted by atomic mass is 127. The predicted molar refractivity (Wildman–Crippen MR) is 363 cm³/mol. The van der Waals surface area contributed by atoms with Crippen molar-refractivity contribution in [2.24, 2.45) is 0 Å². The molecule has 6 aliphatic rings. The van der Waals surface area contributed by atoms with Crippen molar-refractivity contribution < 1.29 is 57.5 Å². The molecule has 0 spiro atoms. The van der Waals surface area contributed by atoms with Gasteiger partial charge in [0.2, 0.25) is 26.6 Å². The number of phenolic OH excluding ortho intramolecular Hbond substituents is 1. The molecule has 1 N–H and O–H groups in total. The zero-order chi connectivity index (χ0) is 65.9. The van der Waals surface area contributed by atoms with Gasteiger partial charge in [0.05, 0.1) is 31.9 Å². The lowest BCUT2D eigenvalue weighted by Gasteiger charge is -2.34. The average molecular weight is 1400 g/mol. The third kappa shape index (κ3) is 14.6. The minimum absolute atomic E-state index is 0.0354. The van der Waals surface area contributed by atoms with Gasteiger partial charge in [0.25, 0.3) is 0 Å². The monoisotopic (exact) mass is 1400 g/mol. The van der Waals surface area contributed by atoms with E-state index in [2.05, 4.69) is 4.18 Å². The highest BCUT2D eigenvalue weighted by molar-refractivity contribution is 14.1. The molecule has 1 saturated heterocycles. The lowest BCUT2D eigenvalue weighted by atomic mass is 9.93. The van der Waals surface area contributed by atoms with E-state index >= 15 is 0 Å². The third-order valence-electron chi connectivity index (χ3n) is 15.3. The van der Waals surface area contributed by atoms with E-state index in [1.807, 2.05) is 214 Å². The summed E-state index contributed by atoms with van der Waals surface area (Å²) >= 11 is 2.05. The van der Waals surface area contributed by atoms with Crippen LogP contribution in [0.5, 0.6) is 5.75 Å². The van der Waals surface area contributed by atoms with Crippen LogP contribution in [0, 0.1) is 0 Å². The topological polar surface area (TPSA) is 238 Å². The quantitative estimate of drug-likeness (QED) is 0.0355. The molecule has 20 nitrogen and oxygen atoms in total. The molecule has 0 bridgehead atoms. The highest BCUT2D eigenvalue weighted by Gasteiger charge is 2.35. The molecule has 1 amide bonds. The molecule has 0 radical (unpaired) electrons. The van der Waals surface area contributed by atoms with Crippen molar-refractivity contribution in [3.05, 3.63) is 186 Å². The summed E-state index contributed by atoms with van der Waals surface area (Å²) in [6, 6.07) is 50.0. The van der Waals surface area contributed by atoms with Crippen LogP contribution in [0.3, 0.4) is 0 Å². The lowest BCUT2D eigenvalue weighted by Crippen LogP contribution is -2.50. The predicted octanol–water partition coefficient (Wildman–Crippen LogP) is 8.78. The Morgan fingerprint density at radius 1 is 0.560 bits per heavy atom. The number of amides is 1. The number of hydrogen-bond donors (Lipinski definition) is 1. The molecule has 6 aromatic carbocycles. The van der Waals surface area contributed by atoms with Gasteiger partial charge in [-0.15, -0.1) is 0 Å². The molecule has 4 aliphatic heterocycles. The fraction of sp³-hybridized carbons (Fsp3) is 0.224. The van der Waals surface area contributed by atoms with Crippen LogP contribution in [-0.2, 0) is 39.2 Å². The van der Waals surface area contributed by atoms with Gasteiger partial charge in [-0.25, -0.2) is 30.8 Å². The Balaban J connectivity index is 0.000000164. The zero-order valence-corrected chi connectivity index (χ0v) is 56.4. The van der Waals surface area contributed by atoms with E-state index in [0.717, 1.165) is 55.2 Å². The molecule has 0 saturated carbocycles. The van der Waals surface area contributed by atoms with Crippen LogP contribution in [0.2, 0.25) is 0 Å². The first-order valence-electron chi connectivity index (χ1n) is 28.5. The van der Waals surface area contributed by atoms with Crippen LogP contribution in [0.25, 0.3) is 66.8 Å². The molecule has 12 rings (SSSR count). The largest absolute Gasteiger partial charge is 0.744 e. The summed E-state index contributed by atoms with van der Waals surface area (Å²) in [5, 5.41) is 12.5. The van der Waals surface area contributed by atoms with Crippen molar-refractivity contribution in [3.8, 4) is 50.7 Å². The number of rotatable bonds is 9. The fourth-order valence-corrected chi connectivity index (χ4v) is 14.3. The van der Waals surface area contributed by atoms with Gasteiger partial charge in [-0.3, -0.25) is 4.79 Å². The molecular weight excluding hydrogens is 1330 g/mol. The van der Waals surface area contributed by atoms with Crippen molar-refractivity contribution in [1.82, 2.24) is 18.4 Å². The van der Waals surface area contributed by atoms with Gasteiger partial charge in [0.15, 0.2) is 0 Å². The van der Waals surface area contributed by atoms with Gasteiger partial charge in [-0.1, -0.05) is 77.2 Å². The standard InChI is InChI=1S/C29H32IN4O4S.C23H22N2O4S.C8H11NO.C7H4O4S/c1-31(2)20-9-11-22-25(17-20)38-26-18-21(32(3)4)10-12-23(26)29(22)24-7-5-6-8-27(24)39(36,37)34-15-13-33(14-16-34)28(35)19-30;1-24(2)15-9-11-17-20(13-15)29-21-14-16(25(3)4)10-12-18(21)23(17)19-7-5-6-8-22(19)30(26,27)28;1-9(2)7-4-3-5-8(10)6-7;8-7-5-3-1-2-4-6(5)12(9,10)11-7/h5-12,17-18H,13-16,19H2,1-4H3;5-14H,1-4H3;3-6,10H,1-2H3;1-4H/q+1;;;. The first kappa shape index (κ1) is 66.8. The summed E-state index contributed by atoms with van der Waals surface area (Å²) in [7, 11) is 7.23. The van der Waals surface area contributed by atoms with Crippen LogP contribution in [0.15, 0.2) is 193 Å². The molecular formula is C67H69IN7O13S3+. The van der Waals surface area contributed by atoms with Crippen molar-refractivity contribution in [2.75, 3.05) is 116 Å². The minimum Gasteiger partial charge on any atom is -0.744 e. The summed E-state index contributed by atoms with van der Waals surface area (Å²) in [6.07, 6.45) is 0. The molecule has 0 aromatic heterocycles. The van der Waals surface area contributed by atoms with Crippen LogP contribution < -0.4 is 34.6 Å². The summed E-state index contributed by atoms with van der Waals surface area (Å²) < 4.78 is 109. The number of alkyl halides is 1. The number of phenols is 1. The van der Waals surface area contributed by atoms with E-state index in [-0.39, 0.29) is 39.2 Å². The van der Waals surface area contributed by atoms with Crippen LogP contribution in [0.1, 0.15) is 10.4 Å². The number of halogens is 1. The lowest BCUT2D eigenvalue weighted by molar-refractivity contribution is -0.129. The number of sulfonamides is 1. The molecule has 474 valence electrons. The minimum atomic E-state index is -4.66. The molecule has 1 fully saturated rings. The maximum atomic E-state index is 14.1. The number of carbonyl (C=O) groups is 2. The van der Waals surface area contributed by atoms with Crippen molar-refractivity contribution in [3.63, 3.8) is 0 Å².